The molecular formula is C19H21N5O. The first kappa shape index (κ1) is 15.7. The Labute approximate surface area is 146 Å². The highest BCUT2D eigenvalue weighted by molar-refractivity contribution is 5.76. The van der Waals surface area contributed by atoms with Crippen LogP contribution in [0.4, 0.5) is 5.95 Å². The van der Waals surface area contributed by atoms with Crippen molar-refractivity contribution in [2.45, 2.75) is 26.3 Å². The summed E-state index contributed by atoms with van der Waals surface area (Å²) in [6.07, 6.45) is 5.54. The van der Waals surface area contributed by atoms with Crippen LogP contribution in [0.1, 0.15) is 18.5 Å². The number of benzene rings is 1. The Morgan fingerprint density at radius 3 is 2.72 bits per heavy atom. The highest BCUT2D eigenvalue weighted by Crippen LogP contribution is 2.21. The number of para-hydroxylation sites is 1. The highest BCUT2D eigenvalue weighted by Gasteiger charge is 2.22. The largest absolute Gasteiger partial charge is 0.341 e. The Balaban J connectivity index is 1.45. The minimum absolute atomic E-state index is 0.0510. The molecule has 0 spiro atoms. The Bertz CT molecular complexity index is 944. The van der Waals surface area contributed by atoms with Gasteiger partial charge in [-0.2, -0.15) is 0 Å². The van der Waals surface area contributed by atoms with Crippen LogP contribution in [-0.2, 0) is 6.54 Å². The van der Waals surface area contributed by atoms with Gasteiger partial charge in [0, 0.05) is 31.5 Å². The van der Waals surface area contributed by atoms with Crippen LogP contribution >= 0.6 is 0 Å². The number of rotatable bonds is 3. The maximum atomic E-state index is 12.6. The van der Waals surface area contributed by atoms with E-state index in [1.54, 1.807) is 10.9 Å². The second kappa shape index (κ2) is 6.63. The second-order valence-electron chi connectivity index (χ2n) is 6.65. The van der Waals surface area contributed by atoms with E-state index in [1.165, 1.54) is 0 Å². The van der Waals surface area contributed by atoms with Crippen molar-refractivity contribution in [3.8, 4) is 0 Å². The zero-order valence-corrected chi connectivity index (χ0v) is 14.3. The fourth-order valence-electron chi connectivity index (χ4n) is 3.42. The number of aromatic nitrogens is 4. The molecule has 1 aromatic carbocycles. The Morgan fingerprint density at radius 1 is 1.12 bits per heavy atom. The molecule has 0 radical (unpaired) electrons. The third kappa shape index (κ3) is 3.24. The van der Waals surface area contributed by atoms with Crippen molar-refractivity contribution < 1.29 is 0 Å². The lowest BCUT2D eigenvalue weighted by Gasteiger charge is -2.32. The molecule has 1 aliphatic heterocycles. The molecule has 1 aliphatic rings. The molecular weight excluding hydrogens is 314 g/mol. The van der Waals surface area contributed by atoms with Gasteiger partial charge in [-0.3, -0.25) is 9.36 Å². The molecule has 0 atom stereocenters. The molecule has 1 saturated heterocycles. The highest BCUT2D eigenvalue weighted by atomic mass is 16.1. The van der Waals surface area contributed by atoms with E-state index >= 15 is 0 Å². The minimum atomic E-state index is 0.0510. The van der Waals surface area contributed by atoms with Gasteiger partial charge in [0.1, 0.15) is 0 Å². The fourth-order valence-corrected chi connectivity index (χ4v) is 3.42. The van der Waals surface area contributed by atoms with Gasteiger partial charge in [0.25, 0.3) is 5.56 Å². The summed E-state index contributed by atoms with van der Waals surface area (Å²) in [7, 11) is 0. The van der Waals surface area contributed by atoms with E-state index in [0.29, 0.717) is 11.3 Å². The molecule has 0 saturated carbocycles. The number of anilines is 1. The topological polar surface area (TPSA) is 63.9 Å². The first-order chi connectivity index (χ1) is 12.2. The summed E-state index contributed by atoms with van der Waals surface area (Å²) < 4.78 is 1.76. The van der Waals surface area contributed by atoms with E-state index in [1.807, 2.05) is 43.5 Å². The van der Waals surface area contributed by atoms with Crippen molar-refractivity contribution in [3.63, 3.8) is 0 Å². The summed E-state index contributed by atoms with van der Waals surface area (Å²) in [4.78, 5) is 28.1. The quantitative estimate of drug-likeness (QED) is 0.735. The van der Waals surface area contributed by atoms with Gasteiger partial charge < -0.3 is 4.90 Å². The summed E-state index contributed by atoms with van der Waals surface area (Å²) in [5.74, 6) is 1.28. The molecule has 0 bridgehead atoms. The first-order valence-electron chi connectivity index (χ1n) is 8.69. The molecule has 0 aliphatic carbocycles. The summed E-state index contributed by atoms with van der Waals surface area (Å²) >= 11 is 0. The normalized spacial score (nSPS) is 15.6. The summed E-state index contributed by atoms with van der Waals surface area (Å²) in [5.41, 5.74) is 1.80. The SMILES string of the molecule is Cc1ccnc(N2CCC(Cn3cnc4ccccc4c3=O)CC2)n1. The molecule has 0 unspecified atom stereocenters. The van der Waals surface area contributed by atoms with E-state index in [4.69, 9.17) is 0 Å². The predicted molar refractivity (Wildman–Crippen MR) is 97.7 cm³/mol. The Morgan fingerprint density at radius 2 is 1.92 bits per heavy atom. The fraction of sp³-hybridized carbons (Fsp3) is 0.368. The zero-order chi connectivity index (χ0) is 17.2. The second-order valence-corrected chi connectivity index (χ2v) is 6.65. The van der Waals surface area contributed by atoms with Gasteiger partial charge in [0.2, 0.25) is 5.95 Å². The van der Waals surface area contributed by atoms with Crippen molar-refractivity contribution in [3.05, 3.63) is 58.9 Å². The van der Waals surface area contributed by atoms with E-state index in [9.17, 15) is 4.79 Å². The van der Waals surface area contributed by atoms with Crippen LogP contribution in [0.5, 0.6) is 0 Å². The minimum Gasteiger partial charge on any atom is -0.341 e. The van der Waals surface area contributed by atoms with Crippen LogP contribution in [0.15, 0.2) is 47.7 Å². The summed E-state index contributed by atoms with van der Waals surface area (Å²) in [6.45, 7) is 4.55. The van der Waals surface area contributed by atoms with Crippen molar-refractivity contribution in [2.75, 3.05) is 18.0 Å². The standard InChI is InChI=1S/C19H21N5O/c1-14-6-9-20-19(22-14)23-10-7-15(8-11-23)12-24-13-21-17-5-3-2-4-16(17)18(24)25/h2-6,9,13,15H,7-8,10-12H2,1H3. The average Bonchev–Trinajstić information content (AvgIpc) is 2.65. The molecule has 4 rings (SSSR count). The smallest absolute Gasteiger partial charge is 0.261 e. The van der Waals surface area contributed by atoms with E-state index in [0.717, 1.165) is 49.6 Å². The van der Waals surface area contributed by atoms with Gasteiger partial charge in [-0.25, -0.2) is 15.0 Å². The Kier molecular flexibility index (Phi) is 4.17. The number of fused-ring (bicyclic) bond motifs is 1. The van der Waals surface area contributed by atoms with Crippen LogP contribution in [0.25, 0.3) is 10.9 Å². The molecule has 3 aromatic rings. The van der Waals surface area contributed by atoms with E-state index < -0.39 is 0 Å². The van der Waals surface area contributed by atoms with Gasteiger partial charge >= 0.3 is 0 Å². The summed E-state index contributed by atoms with van der Waals surface area (Å²) in [5, 5.41) is 0.690. The number of piperidine rings is 1. The molecule has 1 fully saturated rings. The molecule has 25 heavy (non-hydrogen) atoms. The molecule has 128 valence electrons. The van der Waals surface area contributed by atoms with Crippen molar-refractivity contribution in [1.82, 2.24) is 19.5 Å². The molecule has 0 amide bonds. The van der Waals surface area contributed by atoms with Crippen molar-refractivity contribution in [1.29, 1.82) is 0 Å². The van der Waals surface area contributed by atoms with Crippen molar-refractivity contribution in [2.24, 2.45) is 5.92 Å². The first-order valence-corrected chi connectivity index (χ1v) is 8.69. The lowest BCUT2D eigenvalue weighted by atomic mass is 9.97. The lowest BCUT2D eigenvalue weighted by Crippen LogP contribution is -2.37. The van der Waals surface area contributed by atoms with Crippen LogP contribution in [0.3, 0.4) is 0 Å². The van der Waals surface area contributed by atoms with Crippen LogP contribution < -0.4 is 10.5 Å². The number of hydrogen-bond donors (Lipinski definition) is 0. The zero-order valence-electron chi connectivity index (χ0n) is 14.3. The number of nitrogens with zero attached hydrogens (tertiary/aromatic N) is 5. The molecule has 6 nitrogen and oxygen atoms in total. The monoisotopic (exact) mass is 335 g/mol. The van der Waals surface area contributed by atoms with Crippen LogP contribution in [0.2, 0.25) is 0 Å². The maximum absolute atomic E-state index is 12.6. The van der Waals surface area contributed by atoms with Crippen molar-refractivity contribution >= 4 is 16.9 Å². The number of hydrogen-bond acceptors (Lipinski definition) is 5. The maximum Gasteiger partial charge on any atom is 0.261 e. The van der Waals surface area contributed by atoms with Gasteiger partial charge in [-0.1, -0.05) is 12.1 Å². The van der Waals surface area contributed by atoms with Crippen LogP contribution in [-0.4, -0.2) is 32.6 Å². The molecule has 0 N–H and O–H groups in total. The predicted octanol–water partition coefficient (Wildman–Crippen LogP) is 2.41. The van der Waals surface area contributed by atoms with Gasteiger partial charge in [0.05, 0.1) is 17.2 Å². The number of aryl methyl sites for hydroxylation is 1. The van der Waals surface area contributed by atoms with Gasteiger partial charge in [-0.15, -0.1) is 0 Å². The average molecular weight is 335 g/mol. The van der Waals surface area contributed by atoms with E-state index in [2.05, 4.69) is 19.9 Å². The third-order valence-electron chi connectivity index (χ3n) is 4.87. The molecule has 3 heterocycles. The van der Waals surface area contributed by atoms with E-state index in [-0.39, 0.29) is 5.56 Å². The Hall–Kier alpha value is -2.76. The van der Waals surface area contributed by atoms with Gasteiger partial charge in [0.15, 0.2) is 0 Å². The lowest BCUT2D eigenvalue weighted by molar-refractivity contribution is 0.350. The molecule has 6 heteroatoms. The summed E-state index contributed by atoms with van der Waals surface area (Å²) in [6, 6.07) is 9.42. The van der Waals surface area contributed by atoms with Gasteiger partial charge in [-0.05, 0) is 43.9 Å². The van der Waals surface area contributed by atoms with Crippen LogP contribution in [0, 0.1) is 12.8 Å². The molecule has 2 aromatic heterocycles. The third-order valence-corrected chi connectivity index (χ3v) is 4.87.